The average molecular weight is 233 g/mol. The summed E-state index contributed by atoms with van der Waals surface area (Å²) in [6, 6.07) is 0.714. The lowest BCUT2D eigenvalue weighted by atomic mass is 10.2. The highest BCUT2D eigenvalue weighted by molar-refractivity contribution is 7.99. The predicted octanol–water partition coefficient (Wildman–Crippen LogP) is 1.52. The Balaban J connectivity index is 1.79. The van der Waals surface area contributed by atoms with E-state index in [-0.39, 0.29) is 0 Å². The summed E-state index contributed by atoms with van der Waals surface area (Å²) >= 11 is 2.06. The first-order valence-electron chi connectivity index (χ1n) is 5.81. The fourth-order valence-electron chi connectivity index (χ4n) is 1.64. The first kappa shape index (κ1) is 13.3. The van der Waals surface area contributed by atoms with Gasteiger partial charge in [-0.2, -0.15) is 11.8 Å². The van der Waals surface area contributed by atoms with Gasteiger partial charge in [-0.05, 0) is 25.0 Å². The summed E-state index contributed by atoms with van der Waals surface area (Å²) in [6.45, 7) is 3.42. The van der Waals surface area contributed by atoms with E-state index in [2.05, 4.69) is 17.1 Å². The number of rotatable bonds is 8. The van der Waals surface area contributed by atoms with Gasteiger partial charge in [0.2, 0.25) is 0 Å². The van der Waals surface area contributed by atoms with E-state index < -0.39 is 0 Å². The third-order valence-electron chi connectivity index (χ3n) is 2.48. The monoisotopic (exact) mass is 233 g/mol. The van der Waals surface area contributed by atoms with Gasteiger partial charge in [-0.25, -0.2) is 0 Å². The number of nitrogens with one attached hydrogen (secondary N) is 1. The van der Waals surface area contributed by atoms with Gasteiger partial charge in [0, 0.05) is 38.7 Å². The standard InChI is InChI=1S/C11H23NO2S/c1-13-6-3-7-14-8-5-12-11-4-2-9-15-10-11/h11-12H,2-10H2,1H3. The van der Waals surface area contributed by atoms with Gasteiger partial charge in [-0.1, -0.05) is 0 Å². The first-order chi connectivity index (χ1) is 7.43. The maximum Gasteiger partial charge on any atom is 0.0591 e. The quantitative estimate of drug-likeness (QED) is 0.644. The SMILES string of the molecule is COCCCOCCNC1CCCSC1. The number of hydrogen-bond donors (Lipinski definition) is 1. The molecule has 4 heteroatoms. The third kappa shape index (κ3) is 7.17. The molecular formula is C11H23NO2S. The molecule has 1 fully saturated rings. The van der Waals surface area contributed by atoms with E-state index in [1.165, 1.54) is 24.3 Å². The Kier molecular flexibility index (Phi) is 8.38. The molecule has 0 amide bonds. The number of thioether (sulfide) groups is 1. The maximum atomic E-state index is 5.48. The molecule has 0 aromatic heterocycles. The van der Waals surface area contributed by atoms with Crippen molar-refractivity contribution in [2.45, 2.75) is 25.3 Å². The van der Waals surface area contributed by atoms with Crippen LogP contribution in [0.3, 0.4) is 0 Å². The molecule has 1 rings (SSSR count). The first-order valence-corrected chi connectivity index (χ1v) is 6.97. The van der Waals surface area contributed by atoms with Crippen LogP contribution in [0.2, 0.25) is 0 Å². The van der Waals surface area contributed by atoms with E-state index >= 15 is 0 Å². The van der Waals surface area contributed by atoms with Crippen molar-refractivity contribution in [1.82, 2.24) is 5.32 Å². The Hall–Kier alpha value is 0.230. The molecule has 0 aromatic carbocycles. The lowest BCUT2D eigenvalue weighted by molar-refractivity contribution is 0.103. The second kappa shape index (κ2) is 9.46. The molecule has 1 aliphatic heterocycles. The zero-order valence-corrected chi connectivity index (χ0v) is 10.5. The molecule has 1 heterocycles. The molecule has 1 aliphatic rings. The van der Waals surface area contributed by atoms with Gasteiger partial charge in [0.1, 0.15) is 0 Å². The summed E-state index contributed by atoms with van der Waals surface area (Å²) in [5, 5.41) is 3.54. The highest BCUT2D eigenvalue weighted by Crippen LogP contribution is 2.16. The minimum atomic E-state index is 0.714. The van der Waals surface area contributed by atoms with Crippen molar-refractivity contribution in [3.8, 4) is 0 Å². The van der Waals surface area contributed by atoms with Gasteiger partial charge >= 0.3 is 0 Å². The summed E-state index contributed by atoms with van der Waals surface area (Å²) in [5.74, 6) is 2.61. The topological polar surface area (TPSA) is 30.5 Å². The molecule has 90 valence electrons. The molecule has 0 spiro atoms. The maximum absolute atomic E-state index is 5.48. The minimum absolute atomic E-state index is 0.714. The van der Waals surface area contributed by atoms with Crippen molar-refractivity contribution in [3.05, 3.63) is 0 Å². The van der Waals surface area contributed by atoms with Gasteiger partial charge < -0.3 is 14.8 Å². The molecule has 1 atom stereocenters. The summed E-state index contributed by atoms with van der Waals surface area (Å²) in [4.78, 5) is 0. The molecule has 0 aliphatic carbocycles. The van der Waals surface area contributed by atoms with Crippen LogP contribution in [0.1, 0.15) is 19.3 Å². The summed E-state index contributed by atoms with van der Waals surface area (Å²) in [7, 11) is 1.72. The molecule has 15 heavy (non-hydrogen) atoms. The second-order valence-electron chi connectivity index (χ2n) is 3.83. The predicted molar refractivity (Wildman–Crippen MR) is 65.7 cm³/mol. The molecule has 1 N–H and O–H groups in total. The fourth-order valence-corrected chi connectivity index (χ4v) is 2.75. The van der Waals surface area contributed by atoms with Gasteiger partial charge in [0.15, 0.2) is 0 Å². The lowest BCUT2D eigenvalue weighted by Crippen LogP contribution is -2.35. The van der Waals surface area contributed by atoms with Gasteiger partial charge in [-0.3, -0.25) is 0 Å². The average Bonchev–Trinajstić information content (AvgIpc) is 2.29. The van der Waals surface area contributed by atoms with E-state index in [1.807, 2.05) is 0 Å². The Morgan fingerprint density at radius 2 is 2.27 bits per heavy atom. The molecule has 1 unspecified atom stereocenters. The van der Waals surface area contributed by atoms with E-state index in [4.69, 9.17) is 9.47 Å². The highest BCUT2D eigenvalue weighted by atomic mass is 32.2. The number of ether oxygens (including phenoxy) is 2. The van der Waals surface area contributed by atoms with Crippen LogP contribution in [0.25, 0.3) is 0 Å². The van der Waals surface area contributed by atoms with Gasteiger partial charge in [0.05, 0.1) is 6.61 Å². The van der Waals surface area contributed by atoms with Crippen molar-refractivity contribution in [3.63, 3.8) is 0 Å². The van der Waals surface area contributed by atoms with Crippen molar-refractivity contribution < 1.29 is 9.47 Å². The Morgan fingerprint density at radius 1 is 1.33 bits per heavy atom. The van der Waals surface area contributed by atoms with Crippen molar-refractivity contribution in [2.24, 2.45) is 0 Å². The van der Waals surface area contributed by atoms with E-state index in [9.17, 15) is 0 Å². The normalized spacial score (nSPS) is 21.8. The van der Waals surface area contributed by atoms with E-state index in [1.54, 1.807) is 7.11 Å². The van der Waals surface area contributed by atoms with E-state index in [0.29, 0.717) is 6.04 Å². The van der Waals surface area contributed by atoms with Crippen LogP contribution in [0, 0.1) is 0 Å². The van der Waals surface area contributed by atoms with Crippen LogP contribution in [0.4, 0.5) is 0 Å². The van der Waals surface area contributed by atoms with Crippen molar-refractivity contribution in [2.75, 3.05) is 45.0 Å². The minimum Gasteiger partial charge on any atom is -0.385 e. The number of hydrogen-bond acceptors (Lipinski definition) is 4. The largest absolute Gasteiger partial charge is 0.385 e. The van der Waals surface area contributed by atoms with Crippen LogP contribution in [0.5, 0.6) is 0 Å². The zero-order chi connectivity index (χ0) is 10.8. The van der Waals surface area contributed by atoms with Crippen LogP contribution in [-0.4, -0.2) is 51.0 Å². The Labute approximate surface area is 97.3 Å². The summed E-state index contributed by atoms with van der Waals surface area (Å²) < 4.78 is 10.4. The third-order valence-corrected chi connectivity index (χ3v) is 3.69. The lowest BCUT2D eigenvalue weighted by Gasteiger charge is -2.22. The Bertz CT molecular complexity index is 141. The van der Waals surface area contributed by atoms with Gasteiger partial charge in [0.25, 0.3) is 0 Å². The van der Waals surface area contributed by atoms with Crippen LogP contribution in [0.15, 0.2) is 0 Å². The molecule has 1 saturated heterocycles. The fraction of sp³-hybridized carbons (Fsp3) is 1.00. The molecule has 0 aromatic rings. The Morgan fingerprint density at radius 3 is 3.00 bits per heavy atom. The summed E-state index contributed by atoms with van der Waals surface area (Å²) in [5.41, 5.74) is 0. The summed E-state index contributed by atoms with van der Waals surface area (Å²) in [6.07, 6.45) is 3.68. The molecular weight excluding hydrogens is 210 g/mol. The van der Waals surface area contributed by atoms with Gasteiger partial charge in [-0.15, -0.1) is 0 Å². The highest BCUT2D eigenvalue weighted by Gasteiger charge is 2.11. The van der Waals surface area contributed by atoms with Crippen molar-refractivity contribution in [1.29, 1.82) is 0 Å². The molecule has 0 saturated carbocycles. The molecule has 3 nitrogen and oxygen atoms in total. The molecule has 0 bridgehead atoms. The van der Waals surface area contributed by atoms with E-state index in [0.717, 1.165) is 32.8 Å². The van der Waals surface area contributed by atoms with Crippen LogP contribution < -0.4 is 5.32 Å². The van der Waals surface area contributed by atoms with Crippen LogP contribution in [-0.2, 0) is 9.47 Å². The number of methoxy groups -OCH3 is 1. The second-order valence-corrected chi connectivity index (χ2v) is 4.98. The molecule has 0 radical (unpaired) electrons. The van der Waals surface area contributed by atoms with Crippen LogP contribution >= 0.6 is 11.8 Å². The smallest absolute Gasteiger partial charge is 0.0591 e. The zero-order valence-electron chi connectivity index (χ0n) is 9.67. The van der Waals surface area contributed by atoms with Crippen molar-refractivity contribution >= 4 is 11.8 Å².